The van der Waals surface area contributed by atoms with Crippen LogP contribution >= 0.6 is 24.0 Å². The zero-order valence-electron chi connectivity index (χ0n) is 13.8. The van der Waals surface area contributed by atoms with Crippen molar-refractivity contribution in [3.8, 4) is 0 Å². The van der Waals surface area contributed by atoms with Gasteiger partial charge in [-0.05, 0) is 32.3 Å². The van der Waals surface area contributed by atoms with Crippen LogP contribution in [0.4, 0.5) is 0 Å². The zero-order valence-corrected chi connectivity index (χ0v) is 16.2. The van der Waals surface area contributed by atoms with Crippen molar-refractivity contribution in [3.05, 3.63) is 35.9 Å². The monoisotopic (exact) mass is 430 g/mol. The molecule has 1 unspecified atom stereocenters. The Hall–Kier alpha value is -1.31. The molecule has 0 radical (unpaired) electrons. The number of benzene rings is 1. The first kappa shape index (κ1) is 19.7. The van der Waals surface area contributed by atoms with Gasteiger partial charge in [-0.2, -0.15) is 0 Å². The summed E-state index contributed by atoms with van der Waals surface area (Å²) in [6.45, 7) is 6.12. The third-order valence-electron chi connectivity index (χ3n) is 3.63. The molecule has 3 N–H and O–H groups in total. The molecule has 23 heavy (non-hydrogen) atoms. The molecule has 6 heteroatoms. The van der Waals surface area contributed by atoms with Gasteiger partial charge >= 0.3 is 0 Å². The highest BCUT2D eigenvalue weighted by Gasteiger charge is 2.28. The molecule has 1 aromatic rings. The van der Waals surface area contributed by atoms with Gasteiger partial charge in [-0.15, -0.1) is 24.0 Å². The van der Waals surface area contributed by atoms with Gasteiger partial charge in [0, 0.05) is 19.0 Å². The van der Waals surface area contributed by atoms with Crippen LogP contribution in [0, 0.1) is 5.92 Å². The van der Waals surface area contributed by atoms with Crippen molar-refractivity contribution < 1.29 is 4.79 Å². The summed E-state index contributed by atoms with van der Waals surface area (Å²) in [6.07, 6.45) is 2.07. The van der Waals surface area contributed by atoms with Gasteiger partial charge in [0.05, 0.1) is 12.6 Å². The highest BCUT2D eigenvalue weighted by Crippen LogP contribution is 2.28. The van der Waals surface area contributed by atoms with Gasteiger partial charge in [0.15, 0.2) is 5.96 Å². The number of hydrogen-bond donors (Lipinski definition) is 3. The molecular formula is C17H27IN4O. The first-order valence-corrected chi connectivity index (χ1v) is 8.08. The van der Waals surface area contributed by atoms with E-state index in [2.05, 4.69) is 40.0 Å². The number of nitrogens with one attached hydrogen (secondary N) is 3. The number of rotatable bonds is 7. The van der Waals surface area contributed by atoms with Crippen molar-refractivity contribution in [1.29, 1.82) is 0 Å². The van der Waals surface area contributed by atoms with E-state index in [9.17, 15) is 4.79 Å². The Morgan fingerprint density at radius 2 is 1.96 bits per heavy atom. The topological polar surface area (TPSA) is 65.5 Å². The maximum absolute atomic E-state index is 11.5. The first-order valence-electron chi connectivity index (χ1n) is 8.08. The Kier molecular flexibility index (Phi) is 8.98. The van der Waals surface area contributed by atoms with E-state index in [1.807, 2.05) is 25.1 Å². The molecular weight excluding hydrogens is 403 g/mol. The van der Waals surface area contributed by atoms with E-state index in [0.29, 0.717) is 13.1 Å². The van der Waals surface area contributed by atoms with Crippen molar-refractivity contribution in [2.75, 3.05) is 19.6 Å². The van der Waals surface area contributed by atoms with Crippen LogP contribution in [-0.4, -0.2) is 31.5 Å². The average Bonchev–Trinajstić information content (AvgIpc) is 3.37. The van der Waals surface area contributed by atoms with Gasteiger partial charge in [-0.25, -0.2) is 0 Å². The Bertz CT molecular complexity index is 503. The highest BCUT2D eigenvalue weighted by atomic mass is 127. The second-order valence-corrected chi connectivity index (χ2v) is 5.60. The summed E-state index contributed by atoms with van der Waals surface area (Å²) < 4.78 is 0. The summed E-state index contributed by atoms with van der Waals surface area (Å²) in [4.78, 5) is 16.1. The fraction of sp³-hybridized carbons (Fsp3) is 0.529. The minimum Gasteiger partial charge on any atom is -0.357 e. The Morgan fingerprint density at radius 3 is 2.57 bits per heavy atom. The van der Waals surface area contributed by atoms with Gasteiger partial charge in [0.1, 0.15) is 0 Å². The van der Waals surface area contributed by atoms with Gasteiger partial charge in [-0.3, -0.25) is 9.79 Å². The maximum atomic E-state index is 11.5. The Morgan fingerprint density at radius 1 is 1.26 bits per heavy atom. The van der Waals surface area contributed by atoms with E-state index in [1.54, 1.807) is 0 Å². The normalized spacial score (nSPS) is 15.3. The number of carbonyl (C=O) groups excluding carboxylic acids is 1. The second kappa shape index (κ2) is 10.5. The molecule has 128 valence electrons. The number of guanidine groups is 1. The molecule has 1 aliphatic carbocycles. The van der Waals surface area contributed by atoms with Crippen LogP contribution in [0.25, 0.3) is 0 Å². The molecule has 1 saturated carbocycles. The molecule has 1 fully saturated rings. The van der Waals surface area contributed by atoms with Crippen molar-refractivity contribution in [2.45, 2.75) is 32.7 Å². The van der Waals surface area contributed by atoms with Crippen LogP contribution in [0.3, 0.4) is 0 Å². The number of hydrogen-bond acceptors (Lipinski definition) is 2. The minimum absolute atomic E-state index is 0. The van der Waals surface area contributed by atoms with Crippen molar-refractivity contribution in [1.82, 2.24) is 16.0 Å². The predicted molar refractivity (Wildman–Crippen MR) is 105 cm³/mol. The van der Waals surface area contributed by atoms with Crippen LogP contribution in [0.5, 0.6) is 0 Å². The second-order valence-electron chi connectivity index (χ2n) is 5.60. The van der Waals surface area contributed by atoms with Gasteiger partial charge in [0.2, 0.25) is 5.91 Å². The molecule has 0 heterocycles. The molecule has 1 aromatic carbocycles. The molecule has 2 rings (SSSR count). The molecule has 1 atom stereocenters. The lowest BCUT2D eigenvalue weighted by molar-refractivity contribution is -0.122. The molecule has 0 bridgehead atoms. The number of aliphatic imine (C=N–C) groups is 1. The summed E-state index contributed by atoms with van der Waals surface area (Å²) in [5, 5.41) is 9.54. The van der Waals surface area contributed by atoms with E-state index in [0.717, 1.165) is 25.3 Å². The van der Waals surface area contributed by atoms with Crippen LogP contribution in [0.15, 0.2) is 35.3 Å². The molecule has 0 spiro atoms. The summed E-state index contributed by atoms with van der Waals surface area (Å²) in [5.74, 6) is 1.21. The SMILES string of the molecule is CCNC(=NCCNC(=O)C1CC1)NC(C)c1ccccc1.I. The summed E-state index contributed by atoms with van der Waals surface area (Å²) in [5.41, 5.74) is 1.22. The van der Waals surface area contributed by atoms with Gasteiger partial charge < -0.3 is 16.0 Å². The minimum atomic E-state index is 0. The molecule has 5 nitrogen and oxygen atoms in total. The lowest BCUT2D eigenvalue weighted by Crippen LogP contribution is -2.39. The number of nitrogens with zero attached hydrogens (tertiary/aromatic N) is 1. The van der Waals surface area contributed by atoms with Crippen molar-refractivity contribution >= 4 is 35.8 Å². The molecule has 0 aliphatic heterocycles. The summed E-state index contributed by atoms with van der Waals surface area (Å²) in [6, 6.07) is 10.4. The Balaban J connectivity index is 0.00000264. The van der Waals surface area contributed by atoms with Crippen molar-refractivity contribution in [2.24, 2.45) is 10.9 Å². The van der Waals surface area contributed by atoms with Gasteiger partial charge in [0.25, 0.3) is 0 Å². The zero-order chi connectivity index (χ0) is 15.8. The third-order valence-corrected chi connectivity index (χ3v) is 3.63. The number of carbonyl (C=O) groups is 1. The maximum Gasteiger partial charge on any atom is 0.223 e. The van der Waals surface area contributed by atoms with Crippen LogP contribution in [0.2, 0.25) is 0 Å². The fourth-order valence-electron chi connectivity index (χ4n) is 2.19. The smallest absolute Gasteiger partial charge is 0.223 e. The average molecular weight is 430 g/mol. The first-order chi connectivity index (χ1) is 10.7. The van der Waals surface area contributed by atoms with E-state index in [1.165, 1.54) is 5.56 Å². The molecule has 1 amide bonds. The third kappa shape index (κ3) is 7.20. The summed E-state index contributed by atoms with van der Waals surface area (Å²) >= 11 is 0. The van der Waals surface area contributed by atoms with E-state index >= 15 is 0 Å². The lowest BCUT2D eigenvalue weighted by atomic mass is 10.1. The summed E-state index contributed by atoms with van der Waals surface area (Å²) in [7, 11) is 0. The highest BCUT2D eigenvalue weighted by molar-refractivity contribution is 14.0. The predicted octanol–water partition coefficient (Wildman–Crippen LogP) is 2.45. The molecule has 1 aliphatic rings. The van der Waals surface area contributed by atoms with E-state index in [4.69, 9.17) is 0 Å². The van der Waals surface area contributed by atoms with E-state index in [-0.39, 0.29) is 41.8 Å². The Labute approximate surface area is 155 Å². The standard InChI is InChI=1S/C17H26N4O.HI/c1-3-18-17(20-12-11-19-16(22)15-9-10-15)21-13(2)14-7-5-4-6-8-14;/h4-8,13,15H,3,9-12H2,1-2H3,(H,19,22)(H2,18,20,21);1H. The molecule has 0 aromatic heterocycles. The lowest BCUT2D eigenvalue weighted by Gasteiger charge is -2.18. The van der Waals surface area contributed by atoms with Crippen LogP contribution < -0.4 is 16.0 Å². The van der Waals surface area contributed by atoms with Crippen LogP contribution in [0.1, 0.15) is 38.3 Å². The fourth-order valence-corrected chi connectivity index (χ4v) is 2.19. The quantitative estimate of drug-likeness (QED) is 0.270. The van der Waals surface area contributed by atoms with Crippen molar-refractivity contribution in [3.63, 3.8) is 0 Å². The molecule has 0 saturated heterocycles. The van der Waals surface area contributed by atoms with E-state index < -0.39 is 0 Å². The van der Waals surface area contributed by atoms with Crippen LogP contribution in [-0.2, 0) is 4.79 Å². The number of halogens is 1. The largest absolute Gasteiger partial charge is 0.357 e. The number of amides is 1. The van der Waals surface area contributed by atoms with Gasteiger partial charge in [-0.1, -0.05) is 30.3 Å².